The van der Waals surface area contributed by atoms with Gasteiger partial charge in [-0.25, -0.2) is 13.2 Å². The van der Waals surface area contributed by atoms with Crippen molar-refractivity contribution < 1.29 is 107 Å². The number of hydrogen-bond donors (Lipinski definition) is 1. The first-order valence-corrected chi connectivity index (χ1v) is 41.7. The minimum Gasteiger partial charge on any atom is -0.748 e. The summed E-state index contributed by atoms with van der Waals surface area (Å²) in [7, 11) is -5.35. The first-order valence-electron chi connectivity index (χ1n) is 38.9. The van der Waals surface area contributed by atoms with Crippen molar-refractivity contribution in [2.24, 2.45) is 62.6 Å². The summed E-state index contributed by atoms with van der Waals surface area (Å²) in [6, 6.07) is 36.7. The predicted molar refractivity (Wildman–Crippen MR) is 412 cm³/mol. The Kier molecular flexibility index (Phi) is 27.2. The molecule has 8 bridgehead atoms. The lowest BCUT2D eigenvalue weighted by atomic mass is 9.48. The molecule has 8 saturated carbocycles. The number of alkyl halides is 3. The van der Waals surface area contributed by atoms with Gasteiger partial charge in [0, 0.05) is 36.1 Å². The molecule has 610 valence electrons. The van der Waals surface area contributed by atoms with Crippen molar-refractivity contribution >= 4 is 68.4 Å². The second kappa shape index (κ2) is 34.8. The highest BCUT2D eigenvalue weighted by Crippen LogP contribution is 2.64. The number of carbonyl (C=O) groups excluding carboxylic acids is 8. The largest absolute Gasteiger partial charge is 0.748 e. The molecule has 10 aliphatic rings. The SMILES string of the molecule is CCC(C)(C)C(=O)OC12CC3CC(C1)CC(C(=O)OC(CS(=O)(=O)[O-])C(F)(F)F)(C3)C2.CCC(C)(C)C(=O)OC1CCOC1=O.CCC(C)(C)C(=O)Oc1cc(O)cc(C(C)=O)c1.CCC(C)(C)C(=O)Oc1cc(OC2(C)C3CC4CC(C3)CC2C4)cc(C(C)=O)c1.c1ccc([S+]2c3ccccc3Oc3ccccc32)cc1. The highest BCUT2D eigenvalue weighted by molar-refractivity contribution is 7.97. The second-order valence-electron chi connectivity index (χ2n) is 34.3. The van der Waals surface area contributed by atoms with E-state index in [1.807, 2.05) is 65.8 Å². The summed E-state index contributed by atoms with van der Waals surface area (Å²) in [6.07, 6.45) is 3.07. The third kappa shape index (κ3) is 21.2. The molecule has 2 aliphatic heterocycles. The molecule has 9 fully saturated rings. The number of Topliss-reactive ketones (excluding diaryl/α,β-unsaturated/α-hetero) is 2. The number of fused-ring (bicyclic) bond motifs is 2. The Morgan fingerprint density at radius 2 is 1.04 bits per heavy atom. The molecule has 25 heteroatoms. The van der Waals surface area contributed by atoms with Gasteiger partial charge in [0.05, 0.1) is 49.6 Å². The number of esters is 6. The van der Waals surface area contributed by atoms with E-state index in [-0.39, 0.29) is 75.7 Å². The fourth-order valence-corrected chi connectivity index (χ4v) is 19.0. The summed E-state index contributed by atoms with van der Waals surface area (Å²) in [5, 5.41) is 9.47. The van der Waals surface area contributed by atoms with Gasteiger partial charge in [-0.15, -0.1) is 0 Å². The number of cyclic esters (lactones) is 1. The van der Waals surface area contributed by atoms with Gasteiger partial charge in [-0.1, -0.05) is 70.2 Å². The molecule has 4 atom stereocenters. The number of phenols is 1. The number of benzene rings is 5. The third-order valence-corrected chi connectivity index (χ3v) is 27.1. The molecule has 0 radical (unpaired) electrons. The van der Waals surface area contributed by atoms with Crippen LogP contribution in [0.1, 0.15) is 227 Å². The Morgan fingerprint density at radius 1 is 0.589 bits per heavy atom. The van der Waals surface area contributed by atoms with Crippen molar-refractivity contribution in [1.29, 1.82) is 0 Å². The molecule has 20 nitrogen and oxygen atoms in total. The minimum absolute atomic E-state index is 0.00100. The number of ketones is 2. The van der Waals surface area contributed by atoms with E-state index in [1.165, 1.54) is 78.8 Å². The number of aromatic hydroxyl groups is 1. The maximum absolute atomic E-state index is 13.3. The smallest absolute Gasteiger partial charge is 0.426 e. The number of phenolic OH excluding ortho intramolecular Hbond substituents is 1. The Bertz CT molecular complexity index is 4300. The van der Waals surface area contributed by atoms with Gasteiger partial charge in [0.25, 0.3) is 0 Å². The molecule has 112 heavy (non-hydrogen) atoms. The van der Waals surface area contributed by atoms with E-state index in [2.05, 4.69) is 66.3 Å². The number of rotatable bonds is 21. The summed E-state index contributed by atoms with van der Waals surface area (Å²) in [5.74, 6) is 0.829. The summed E-state index contributed by atoms with van der Waals surface area (Å²) in [6.45, 7) is 27.5. The van der Waals surface area contributed by atoms with Crippen molar-refractivity contribution in [2.45, 2.75) is 251 Å². The van der Waals surface area contributed by atoms with Gasteiger partial charge in [0.2, 0.25) is 22.0 Å². The zero-order chi connectivity index (χ0) is 82.5. The number of carbonyl (C=O) groups is 8. The number of halogens is 3. The Balaban J connectivity index is 0.000000165. The van der Waals surface area contributed by atoms with Crippen LogP contribution < -0.4 is 18.9 Å². The van der Waals surface area contributed by atoms with Gasteiger partial charge in [0.1, 0.15) is 45.1 Å². The van der Waals surface area contributed by atoms with E-state index < -0.39 is 84.8 Å². The highest BCUT2D eigenvalue weighted by atomic mass is 32.2. The summed E-state index contributed by atoms with van der Waals surface area (Å²) in [5.41, 5.74) is -4.01. The average Bonchev–Trinajstić information content (AvgIpc) is 0.740. The van der Waals surface area contributed by atoms with Crippen LogP contribution in [0.4, 0.5) is 13.2 Å². The van der Waals surface area contributed by atoms with Crippen molar-refractivity contribution in [3.8, 4) is 34.5 Å². The molecule has 0 amide bonds. The fraction of sp³-hybridized carbons (Fsp3) is 0.563. The van der Waals surface area contributed by atoms with Gasteiger partial charge in [-0.05, 0) is 262 Å². The Labute approximate surface area is 659 Å². The molecule has 8 aliphatic carbocycles. The molecule has 0 aromatic heterocycles. The van der Waals surface area contributed by atoms with Crippen LogP contribution in [0, 0.1) is 62.6 Å². The normalized spacial score (nSPS) is 24.7. The number of para-hydroxylation sites is 2. The topological polar surface area (TPSA) is 288 Å². The number of ether oxygens (including phenoxy) is 8. The second-order valence-corrected chi connectivity index (χ2v) is 37.7. The Hall–Kier alpha value is -8.29. The molecular formula is C87H109F3O20S2. The lowest BCUT2D eigenvalue weighted by molar-refractivity contribution is -0.239. The van der Waals surface area contributed by atoms with E-state index in [9.17, 15) is 69.6 Å². The number of hydrogen-bond acceptors (Lipinski definition) is 20. The van der Waals surface area contributed by atoms with Crippen LogP contribution in [0.15, 0.2) is 130 Å². The molecule has 4 unspecified atom stereocenters. The van der Waals surface area contributed by atoms with Gasteiger partial charge >= 0.3 is 42.0 Å². The van der Waals surface area contributed by atoms with Crippen molar-refractivity contribution in [3.63, 3.8) is 0 Å². The van der Waals surface area contributed by atoms with E-state index in [4.69, 9.17) is 33.2 Å². The van der Waals surface area contributed by atoms with Crippen LogP contribution in [0.2, 0.25) is 0 Å². The van der Waals surface area contributed by atoms with E-state index >= 15 is 0 Å². The van der Waals surface area contributed by atoms with Crippen molar-refractivity contribution in [3.05, 3.63) is 126 Å². The predicted octanol–water partition coefficient (Wildman–Crippen LogP) is 18.3. The van der Waals surface area contributed by atoms with E-state index in [0.717, 1.165) is 29.8 Å². The third-order valence-electron chi connectivity index (χ3n) is 24.0. The quantitative estimate of drug-likeness (QED) is 0.0175. The van der Waals surface area contributed by atoms with Gasteiger partial charge < -0.3 is 47.6 Å². The van der Waals surface area contributed by atoms with Gasteiger partial charge in [-0.3, -0.25) is 33.6 Å². The van der Waals surface area contributed by atoms with Crippen LogP contribution in [-0.4, -0.2) is 107 Å². The molecule has 15 rings (SSSR count). The van der Waals surface area contributed by atoms with Gasteiger partial charge in [0.15, 0.2) is 28.0 Å². The first kappa shape index (κ1) is 87.7. The molecule has 1 N–H and O–H groups in total. The fourth-order valence-electron chi connectivity index (χ4n) is 16.2. The average molecular weight is 1600 g/mol. The zero-order valence-corrected chi connectivity index (χ0v) is 68.6. The van der Waals surface area contributed by atoms with Crippen molar-refractivity contribution in [1.82, 2.24) is 0 Å². The maximum atomic E-state index is 13.3. The molecule has 1 saturated heterocycles. The van der Waals surface area contributed by atoms with Crippen LogP contribution >= 0.6 is 0 Å². The minimum atomic E-state index is -5.27. The maximum Gasteiger partial charge on any atom is 0.426 e. The molecular weight excluding hydrogens is 1490 g/mol. The molecule has 5 aromatic rings. The molecule has 2 heterocycles. The van der Waals surface area contributed by atoms with Crippen molar-refractivity contribution in [2.75, 3.05) is 12.4 Å². The van der Waals surface area contributed by atoms with Crippen LogP contribution in [0.5, 0.6) is 34.5 Å². The van der Waals surface area contributed by atoms with E-state index in [1.54, 1.807) is 59.7 Å². The summed E-state index contributed by atoms with van der Waals surface area (Å²) >= 11 is 0. The first-order chi connectivity index (χ1) is 52.3. The van der Waals surface area contributed by atoms with Crippen LogP contribution in [0.3, 0.4) is 0 Å². The standard InChI is InChI=1S/C25H34O4.C20H29F3O7S.C18H13OS.C14H18O4.C10H16O4/c1-6-24(3,4)23(27)28-21-12-18(15(2)26)13-22(14-21)29-25(5)19-8-16-7-17(10-19)11-20(25)9-16;1-4-17(2,3)15(24)30-19-8-12-5-13(9-19)7-18(6-12,11-19)16(25)29-14(20(21,22)23)10-31(26,27)28;1-2-8-14(9-3-1)20-17-12-6-4-10-15(17)19-16-11-5-7-13-18(16)20;1-5-14(3,4)13(17)18-12-7-10(9(2)15)6-11(16)8-12;1-4-10(2,3)9(12)14-7-5-6-13-8(7)11/h12-14,16-17,19-20H,6-11H2,1-5H3;12-14H,4-11H2,1-3H3,(H,26,27,28);1-13H;6-8,16H,5H2,1-4H3;7H,4-6H2,1-3H3/q;;+1;;/p-1. The van der Waals surface area contributed by atoms with Crippen LogP contribution in [-0.2, 0) is 68.7 Å². The summed E-state index contributed by atoms with van der Waals surface area (Å²) in [4.78, 5) is 99.9. The molecule has 0 spiro atoms. The Morgan fingerprint density at radius 3 is 1.50 bits per heavy atom. The van der Waals surface area contributed by atoms with E-state index in [0.29, 0.717) is 98.9 Å². The zero-order valence-electron chi connectivity index (χ0n) is 67.0. The lowest BCUT2D eigenvalue weighted by Crippen LogP contribution is -2.61. The molecule has 5 aromatic carbocycles. The summed E-state index contributed by atoms with van der Waals surface area (Å²) < 4.78 is 116. The van der Waals surface area contributed by atoms with Gasteiger partial charge in [-0.2, -0.15) is 13.2 Å². The lowest BCUT2D eigenvalue weighted by Gasteiger charge is -2.60. The highest BCUT2D eigenvalue weighted by Gasteiger charge is 2.65. The van der Waals surface area contributed by atoms with Crippen LogP contribution in [0.25, 0.3) is 0 Å². The monoisotopic (exact) mass is 1590 g/mol.